The molecule has 0 spiro atoms. The Morgan fingerprint density at radius 1 is 1.21 bits per heavy atom. The minimum atomic E-state index is -0.921. The fourth-order valence-electron chi connectivity index (χ4n) is 6.26. The number of carbonyl (C=O) groups is 1. The van der Waals surface area contributed by atoms with E-state index in [1.54, 1.807) is 13.2 Å². The molecular formula is C28H38FN2O3+. The Hall–Kier alpha value is -2.12. The van der Waals surface area contributed by atoms with Gasteiger partial charge in [0.2, 0.25) is 5.78 Å². The Balaban J connectivity index is 1.92. The van der Waals surface area contributed by atoms with E-state index >= 15 is 0 Å². The Morgan fingerprint density at radius 3 is 2.65 bits per heavy atom. The largest absolute Gasteiger partial charge is 0.385 e. The van der Waals surface area contributed by atoms with Gasteiger partial charge < -0.3 is 14.8 Å². The first-order valence-electron chi connectivity index (χ1n) is 12.4. The Bertz CT molecular complexity index is 994. The van der Waals surface area contributed by atoms with Crippen LogP contribution >= 0.6 is 0 Å². The van der Waals surface area contributed by atoms with Crippen LogP contribution in [0.4, 0.5) is 10.1 Å². The van der Waals surface area contributed by atoms with Gasteiger partial charge >= 0.3 is 0 Å². The summed E-state index contributed by atoms with van der Waals surface area (Å²) in [5.41, 5.74) is 0.689. The highest BCUT2D eigenvalue weighted by Gasteiger charge is 2.63. The lowest BCUT2D eigenvalue weighted by Crippen LogP contribution is -3.28. The molecule has 2 aliphatic heterocycles. The van der Waals surface area contributed by atoms with Crippen LogP contribution in [-0.2, 0) is 9.47 Å². The van der Waals surface area contributed by atoms with E-state index in [4.69, 9.17) is 9.47 Å². The summed E-state index contributed by atoms with van der Waals surface area (Å²) in [7, 11) is 1.70. The fourth-order valence-corrected chi connectivity index (χ4v) is 6.26. The van der Waals surface area contributed by atoms with Gasteiger partial charge in [-0.2, -0.15) is 0 Å². The number of ether oxygens (including phenoxy) is 2. The van der Waals surface area contributed by atoms with E-state index < -0.39 is 11.1 Å². The third-order valence-corrected chi connectivity index (χ3v) is 8.14. The number of hydrogen-bond donors (Lipinski definition) is 2. The summed E-state index contributed by atoms with van der Waals surface area (Å²) in [6, 6.07) is 14.7. The molecule has 2 unspecified atom stereocenters. The maximum atomic E-state index is 14.9. The van der Waals surface area contributed by atoms with Crippen molar-refractivity contribution in [3.8, 4) is 0 Å². The van der Waals surface area contributed by atoms with Gasteiger partial charge in [-0.3, -0.25) is 9.69 Å². The summed E-state index contributed by atoms with van der Waals surface area (Å²) in [6.45, 7) is 8.71. The number of morpholine rings is 1. The van der Waals surface area contributed by atoms with Crippen molar-refractivity contribution in [2.45, 2.75) is 57.2 Å². The zero-order valence-corrected chi connectivity index (χ0v) is 20.8. The normalized spacial score (nSPS) is 31.9. The van der Waals surface area contributed by atoms with Crippen molar-refractivity contribution in [3.05, 3.63) is 65.5 Å². The average Bonchev–Trinajstić information content (AvgIpc) is 2.86. The second-order valence-corrected chi connectivity index (χ2v) is 10.2. The molecular weight excluding hydrogens is 431 g/mol. The molecule has 2 aliphatic rings. The van der Waals surface area contributed by atoms with Gasteiger partial charge in [-0.05, 0) is 45.4 Å². The third-order valence-electron chi connectivity index (χ3n) is 8.14. The zero-order chi connectivity index (χ0) is 24.3. The smallest absolute Gasteiger partial charge is 0.225 e. The monoisotopic (exact) mass is 469 g/mol. The van der Waals surface area contributed by atoms with E-state index in [-0.39, 0.29) is 30.2 Å². The predicted octanol–water partition coefficient (Wildman–Crippen LogP) is 3.49. The van der Waals surface area contributed by atoms with E-state index in [2.05, 4.69) is 12.2 Å². The molecule has 34 heavy (non-hydrogen) atoms. The van der Waals surface area contributed by atoms with Gasteiger partial charge in [-0.1, -0.05) is 36.4 Å². The van der Waals surface area contributed by atoms with Gasteiger partial charge in [0.25, 0.3) is 0 Å². The van der Waals surface area contributed by atoms with E-state index in [1.807, 2.05) is 50.2 Å². The van der Waals surface area contributed by atoms with Crippen LogP contribution in [0, 0.1) is 18.7 Å². The molecule has 5 atom stereocenters. The van der Waals surface area contributed by atoms with Crippen LogP contribution in [0.5, 0.6) is 0 Å². The summed E-state index contributed by atoms with van der Waals surface area (Å²) in [6.07, 6.45) is 2.68. The van der Waals surface area contributed by atoms with E-state index in [9.17, 15) is 9.18 Å². The number of rotatable bonds is 7. The van der Waals surface area contributed by atoms with Crippen LogP contribution < -0.4 is 10.2 Å². The highest BCUT2D eigenvalue weighted by atomic mass is 19.1. The quantitative estimate of drug-likeness (QED) is 0.610. The van der Waals surface area contributed by atoms with Crippen LogP contribution in [0.25, 0.3) is 0 Å². The van der Waals surface area contributed by atoms with Crippen LogP contribution in [-0.4, -0.2) is 56.4 Å². The summed E-state index contributed by atoms with van der Waals surface area (Å²) in [5.74, 6) is 0.0273. The zero-order valence-electron chi connectivity index (χ0n) is 20.8. The van der Waals surface area contributed by atoms with Crippen molar-refractivity contribution in [2.75, 3.05) is 33.4 Å². The number of halogens is 1. The molecule has 6 heteroatoms. The van der Waals surface area contributed by atoms with Gasteiger partial charge in [0.1, 0.15) is 29.8 Å². The Morgan fingerprint density at radius 2 is 1.97 bits per heavy atom. The lowest BCUT2D eigenvalue weighted by molar-refractivity contribution is -0.948. The number of nitrogens with one attached hydrogen (secondary N) is 2. The molecule has 2 fully saturated rings. The summed E-state index contributed by atoms with van der Waals surface area (Å²) in [5, 5.41) is 3.56. The van der Waals surface area contributed by atoms with E-state index in [0.29, 0.717) is 17.7 Å². The van der Waals surface area contributed by atoms with Gasteiger partial charge in [0.15, 0.2) is 5.54 Å². The van der Waals surface area contributed by atoms with E-state index in [0.717, 1.165) is 42.9 Å². The molecule has 0 aromatic heterocycles. The Kier molecular flexibility index (Phi) is 7.53. The number of piperidine rings is 1. The number of methoxy groups -OCH3 is 1. The van der Waals surface area contributed by atoms with Crippen molar-refractivity contribution >= 4 is 11.5 Å². The second kappa shape index (κ2) is 10.2. The molecule has 2 saturated heterocycles. The second-order valence-electron chi connectivity index (χ2n) is 10.2. The summed E-state index contributed by atoms with van der Waals surface area (Å²) >= 11 is 0. The molecule has 2 aromatic carbocycles. The number of carbonyl (C=O) groups excluding carboxylic acids is 1. The predicted molar refractivity (Wildman–Crippen MR) is 131 cm³/mol. The highest BCUT2D eigenvalue weighted by Crippen LogP contribution is 2.36. The maximum absolute atomic E-state index is 14.9. The number of ketones is 1. The average molecular weight is 470 g/mol. The first kappa shape index (κ1) is 25.0. The van der Waals surface area contributed by atoms with E-state index in [1.165, 1.54) is 6.07 Å². The van der Waals surface area contributed by atoms with Crippen LogP contribution in [0.2, 0.25) is 0 Å². The lowest BCUT2D eigenvalue weighted by atomic mass is 9.69. The van der Waals surface area contributed by atoms with Crippen LogP contribution in [0.1, 0.15) is 49.0 Å². The van der Waals surface area contributed by atoms with Crippen molar-refractivity contribution in [1.82, 2.24) is 5.32 Å². The van der Waals surface area contributed by atoms with Gasteiger partial charge in [-0.15, -0.1) is 0 Å². The molecule has 0 amide bonds. The molecule has 0 aliphatic carbocycles. The minimum absolute atomic E-state index is 0.0203. The first-order valence-corrected chi connectivity index (χ1v) is 12.4. The van der Waals surface area contributed by atoms with Gasteiger partial charge in [0.05, 0.1) is 0 Å². The lowest BCUT2D eigenvalue weighted by Gasteiger charge is -2.57. The topological polar surface area (TPSA) is 52.0 Å². The number of Topliss-reactive ketones (excluding diaryl/α,β-unsaturated/α-hetero) is 1. The minimum Gasteiger partial charge on any atom is -0.385 e. The standard InChI is InChI=1S/C28H37FN2O3/c1-20-23(29)13-8-14-24(20)31-27(2,26(32)21-10-6-5-7-11-21)19-34-25(15-17-33-4)28(31,3)22-12-9-16-30-18-22/h5-8,10-11,13-14,22,25,30H,9,12,15-19H2,1-4H3/p+1/t22?,25-,27+,28-/m0/s1. The van der Waals surface area contributed by atoms with Crippen molar-refractivity contribution in [2.24, 2.45) is 5.92 Å². The molecule has 0 radical (unpaired) electrons. The molecule has 2 heterocycles. The molecule has 2 N–H and O–H groups in total. The first-order chi connectivity index (χ1) is 16.3. The van der Waals surface area contributed by atoms with Crippen molar-refractivity contribution in [3.63, 3.8) is 0 Å². The maximum Gasteiger partial charge on any atom is 0.225 e. The van der Waals surface area contributed by atoms with Gasteiger partial charge in [0, 0.05) is 50.7 Å². The summed E-state index contributed by atoms with van der Waals surface area (Å²) in [4.78, 5) is 15.2. The van der Waals surface area contributed by atoms with Crippen molar-refractivity contribution < 1.29 is 23.6 Å². The molecule has 0 saturated carbocycles. The SMILES string of the molecule is COCC[C@@H]1OC[C@](C)(C(=O)c2ccccc2)[NH+](c2cccc(F)c2C)[C@@]1(C)C1CCCNC1. The highest BCUT2D eigenvalue weighted by molar-refractivity contribution is 6.02. The molecule has 4 rings (SSSR count). The van der Waals surface area contributed by atoms with Crippen LogP contribution in [0.3, 0.4) is 0 Å². The van der Waals surface area contributed by atoms with Crippen molar-refractivity contribution in [1.29, 1.82) is 0 Å². The molecule has 184 valence electrons. The number of quaternary nitrogens is 1. The summed E-state index contributed by atoms with van der Waals surface area (Å²) < 4.78 is 27.0. The third kappa shape index (κ3) is 4.33. The molecule has 0 bridgehead atoms. The molecule has 2 aromatic rings. The number of hydrogen-bond acceptors (Lipinski definition) is 4. The van der Waals surface area contributed by atoms with Gasteiger partial charge in [-0.25, -0.2) is 4.39 Å². The fraction of sp³-hybridized carbons (Fsp3) is 0.536. The Labute approximate surface area is 202 Å². The van der Waals surface area contributed by atoms with Crippen LogP contribution in [0.15, 0.2) is 48.5 Å². The molecule has 5 nitrogen and oxygen atoms in total. The number of benzene rings is 2.